The lowest BCUT2D eigenvalue weighted by Crippen LogP contribution is -2.01. The van der Waals surface area contributed by atoms with Gasteiger partial charge in [-0.1, -0.05) is 37.4 Å². The molecule has 0 amide bonds. The van der Waals surface area contributed by atoms with E-state index < -0.39 is 11.9 Å². The molecule has 0 aliphatic carbocycles. The topological polar surface area (TPSA) is 20.2 Å². The molecule has 0 spiro atoms. The van der Waals surface area contributed by atoms with Crippen LogP contribution in [0.15, 0.2) is 16.6 Å². The Morgan fingerprint density at radius 3 is 2.80 bits per heavy atom. The maximum Gasteiger partial charge on any atom is 0.148 e. The Balaban J connectivity index is 2.90. The van der Waals surface area contributed by atoms with Crippen LogP contribution < -0.4 is 0 Å². The van der Waals surface area contributed by atoms with E-state index in [2.05, 4.69) is 15.9 Å². The summed E-state index contributed by atoms with van der Waals surface area (Å²) in [6, 6.07) is 3.21. The molecule has 1 N–H and O–H groups in total. The van der Waals surface area contributed by atoms with Crippen LogP contribution in [0.1, 0.15) is 37.9 Å². The van der Waals surface area contributed by atoms with Crippen LogP contribution in [-0.4, -0.2) is 5.11 Å². The molecular weight excluding hydrogens is 282 g/mol. The quantitative estimate of drug-likeness (QED) is 0.813. The van der Waals surface area contributed by atoms with Crippen molar-refractivity contribution in [3.8, 4) is 0 Å². The zero-order valence-corrected chi connectivity index (χ0v) is 10.8. The fourth-order valence-corrected chi connectivity index (χ4v) is 1.83. The third-order valence-electron chi connectivity index (χ3n) is 2.26. The fourth-order valence-electron chi connectivity index (χ4n) is 1.35. The van der Waals surface area contributed by atoms with E-state index in [9.17, 15) is 9.50 Å². The van der Waals surface area contributed by atoms with Gasteiger partial charge in [0.1, 0.15) is 5.82 Å². The summed E-state index contributed by atoms with van der Waals surface area (Å²) >= 11 is 8.86. The summed E-state index contributed by atoms with van der Waals surface area (Å²) in [4.78, 5) is 0. The number of benzene rings is 1. The van der Waals surface area contributed by atoms with Gasteiger partial charge in [-0.2, -0.15) is 0 Å². The van der Waals surface area contributed by atoms with Crippen molar-refractivity contribution >= 4 is 27.5 Å². The highest BCUT2D eigenvalue weighted by Crippen LogP contribution is 2.31. The molecule has 1 aromatic rings. The number of hydrogen-bond donors (Lipinski definition) is 1. The normalized spacial score (nSPS) is 12.9. The second-order valence-corrected chi connectivity index (χ2v) is 4.65. The summed E-state index contributed by atoms with van der Waals surface area (Å²) in [6.07, 6.45) is 1.64. The monoisotopic (exact) mass is 294 g/mol. The zero-order valence-electron chi connectivity index (χ0n) is 8.43. The van der Waals surface area contributed by atoms with Gasteiger partial charge in [-0.15, -0.1) is 0 Å². The molecule has 84 valence electrons. The maximum absolute atomic E-state index is 13.6. The highest BCUT2D eigenvalue weighted by molar-refractivity contribution is 9.10. The van der Waals surface area contributed by atoms with Crippen molar-refractivity contribution in [2.45, 2.75) is 32.3 Å². The summed E-state index contributed by atoms with van der Waals surface area (Å²) in [5.41, 5.74) is 0.275. The molecule has 1 aromatic carbocycles. The molecule has 0 aromatic heterocycles. The molecule has 0 saturated heterocycles. The molecule has 1 rings (SSSR count). The molecular formula is C11H13BrClFO. The number of aliphatic hydroxyl groups excluding tert-OH is 1. The van der Waals surface area contributed by atoms with Gasteiger partial charge >= 0.3 is 0 Å². The summed E-state index contributed by atoms with van der Waals surface area (Å²) in [5, 5.41) is 9.76. The second kappa shape index (κ2) is 5.83. The zero-order chi connectivity index (χ0) is 11.4. The van der Waals surface area contributed by atoms with Gasteiger partial charge in [0.2, 0.25) is 0 Å². The van der Waals surface area contributed by atoms with Crippen LogP contribution in [0.4, 0.5) is 4.39 Å². The number of rotatable bonds is 4. The molecule has 15 heavy (non-hydrogen) atoms. The number of hydrogen-bond acceptors (Lipinski definition) is 1. The van der Waals surface area contributed by atoms with Crippen molar-refractivity contribution in [3.63, 3.8) is 0 Å². The van der Waals surface area contributed by atoms with Crippen LogP contribution in [0.2, 0.25) is 5.02 Å². The Hall–Kier alpha value is -0.120. The van der Waals surface area contributed by atoms with E-state index in [0.29, 0.717) is 10.9 Å². The first-order chi connectivity index (χ1) is 7.07. The fraction of sp³-hybridized carbons (Fsp3) is 0.455. The molecule has 0 aliphatic rings. The van der Waals surface area contributed by atoms with Gasteiger partial charge in [0.05, 0.1) is 11.1 Å². The summed E-state index contributed by atoms with van der Waals surface area (Å²) in [7, 11) is 0. The lowest BCUT2D eigenvalue weighted by molar-refractivity contribution is 0.159. The van der Waals surface area contributed by atoms with Crippen molar-refractivity contribution in [2.75, 3.05) is 0 Å². The minimum atomic E-state index is -0.768. The van der Waals surface area contributed by atoms with E-state index >= 15 is 0 Å². The molecule has 0 saturated carbocycles. The van der Waals surface area contributed by atoms with Crippen molar-refractivity contribution < 1.29 is 9.50 Å². The van der Waals surface area contributed by atoms with Crippen LogP contribution in [0.3, 0.4) is 0 Å². The third kappa shape index (κ3) is 3.16. The van der Waals surface area contributed by atoms with Crippen molar-refractivity contribution in [1.29, 1.82) is 0 Å². The Labute approximate surface area is 102 Å². The van der Waals surface area contributed by atoms with E-state index in [1.165, 1.54) is 0 Å². The van der Waals surface area contributed by atoms with Crippen molar-refractivity contribution in [3.05, 3.63) is 33.0 Å². The molecule has 0 aliphatic heterocycles. The highest BCUT2D eigenvalue weighted by atomic mass is 79.9. The van der Waals surface area contributed by atoms with Crippen LogP contribution >= 0.6 is 27.5 Å². The van der Waals surface area contributed by atoms with Gasteiger partial charge < -0.3 is 5.11 Å². The molecule has 1 nitrogen and oxygen atoms in total. The van der Waals surface area contributed by atoms with Crippen molar-refractivity contribution in [1.82, 2.24) is 0 Å². The minimum absolute atomic E-state index is 0.0306. The number of unbranched alkanes of at least 4 members (excludes halogenated alkanes) is 1. The van der Waals surface area contributed by atoms with E-state index in [1.807, 2.05) is 6.92 Å². The maximum atomic E-state index is 13.6. The average molecular weight is 296 g/mol. The van der Waals surface area contributed by atoms with Gasteiger partial charge in [0, 0.05) is 10.0 Å². The van der Waals surface area contributed by atoms with Gasteiger partial charge in [-0.3, -0.25) is 0 Å². The lowest BCUT2D eigenvalue weighted by atomic mass is 10.0. The Bertz CT molecular complexity index is 344. The SMILES string of the molecule is CCCCC(O)c1ccc(Br)c(Cl)c1F. The van der Waals surface area contributed by atoms with E-state index in [4.69, 9.17) is 11.6 Å². The van der Waals surface area contributed by atoms with Crippen LogP contribution in [0.25, 0.3) is 0 Å². The first-order valence-corrected chi connectivity index (χ1v) is 6.06. The molecule has 0 radical (unpaired) electrons. The molecule has 4 heteroatoms. The predicted molar refractivity (Wildman–Crippen MR) is 63.6 cm³/mol. The summed E-state index contributed by atoms with van der Waals surface area (Å²) in [5.74, 6) is -0.533. The first-order valence-electron chi connectivity index (χ1n) is 4.89. The predicted octanol–water partition coefficient (Wildman–Crippen LogP) is 4.47. The standard InChI is InChI=1S/C11H13BrClFO/c1-2-3-4-9(15)7-5-6-8(12)10(13)11(7)14/h5-6,9,15H,2-4H2,1H3. The van der Waals surface area contributed by atoms with Crippen molar-refractivity contribution in [2.24, 2.45) is 0 Å². The van der Waals surface area contributed by atoms with Gasteiger partial charge in [0.25, 0.3) is 0 Å². The third-order valence-corrected chi connectivity index (χ3v) is 3.51. The Morgan fingerprint density at radius 1 is 1.53 bits per heavy atom. The largest absolute Gasteiger partial charge is 0.388 e. The van der Waals surface area contributed by atoms with Gasteiger partial charge in [-0.25, -0.2) is 4.39 Å². The second-order valence-electron chi connectivity index (χ2n) is 3.42. The average Bonchev–Trinajstić information content (AvgIpc) is 2.23. The molecule has 0 heterocycles. The first kappa shape index (κ1) is 12.9. The highest BCUT2D eigenvalue weighted by Gasteiger charge is 2.16. The van der Waals surface area contributed by atoms with Crippen LogP contribution in [-0.2, 0) is 0 Å². The van der Waals surface area contributed by atoms with Gasteiger partial charge in [0.15, 0.2) is 0 Å². The summed E-state index contributed by atoms with van der Waals surface area (Å²) < 4.78 is 14.1. The molecule has 1 atom stereocenters. The van der Waals surface area contributed by atoms with Crippen LogP contribution in [0, 0.1) is 5.82 Å². The summed E-state index contributed by atoms with van der Waals surface area (Å²) in [6.45, 7) is 2.03. The minimum Gasteiger partial charge on any atom is -0.388 e. The number of halogens is 3. The smallest absolute Gasteiger partial charge is 0.148 e. The molecule has 1 unspecified atom stereocenters. The van der Waals surface area contributed by atoms with E-state index in [1.54, 1.807) is 12.1 Å². The van der Waals surface area contributed by atoms with Crippen LogP contribution in [0.5, 0.6) is 0 Å². The lowest BCUT2D eigenvalue weighted by Gasteiger charge is -2.12. The Kier molecular flexibility index (Phi) is 5.03. The number of aliphatic hydroxyl groups is 1. The van der Waals surface area contributed by atoms with E-state index in [-0.39, 0.29) is 10.6 Å². The van der Waals surface area contributed by atoms with E-state index in [0.717, 1.165) is 12.8 Å². The molecule has 0 bridgehead atoms. The Morgan fingerprint density at radius 2 is 2.20 bits per heavy atom. The molecule has 0 fully saturated rings. The van der Waals surface area contributed by atoms with Gasteiger partial charge in [-0.05, 0) is 28.4 Å².